The average molecular weight is 344 g/mol. The monoisotopic (exact) mass is 343 g/mol. The van der Waals surface area contributed by atoms with Gasteiger partial charge in [-0.15, -0.1) is 0 Å². The third-order valence-corrected chi connectivity index (χ3v) is 4.48. The third kappa shape index (κ3) is 3.75. The van der Waals surface area contributed by atoms with E-state index in [1.807, 2.05) is 42.5 Å². The van der Waals surface area contributed by atoms with Crippen LogP contribution in [-0.4, -0.2) is 9.55 Å². The first-order valence-electron chi connectivity index (χ1n) is 6.96. The summed E-state index contributed by atoms with van der Waals surface area (Å²) in [6.07, 6.45) is 0. The Labute approximate surface area is 142 Å². The lowest BCUT2D eigenvalue weighted by Crippen LogP contribution is -2.16. The largest absolute Gasteiger partial charge is 0.385 e. The molecule has 0 fully saturated rings. The maximum absolute atomic E-state index is 11.7. The number of anilines is 1. The molecule has 1 aromatic heterocycles. The van der Waals surface area contributed by atoms with Crippen molar-refractivity contribution in [2.75, 3.05) is 5.73 Å². The lowest BCUT2D eigenvalue weighted by atomic mass is 10.2. The maximum atomic E-state index is 11.7. The molecular formula is C17H14ClN3OS. The molecule has 2 aromatic carbocycles. The molecule has 0 saturated heterocycles. The SMILES string of the molecule is Nc1cc(=O)nc(SCc2ccccc2)n1-c1ccc(Cl)cc1. The minimum atomic E-state index is -0.344. The Kier molecular flexibility index (Phi) is 4.69. The molecule has 0 saturated carbocycles. The van der Waals surface area contributed by atoms with Crippen LogP contribution < -0.4 is 11.3 Å². The Bertz CT molecular complexity index is 863. The molecule has 0 aliphatic rings. The fourth-order valence-electron chi connectivity index (χ4n) is 2.15. The maximum Gasteiger partial charge on any atom is 0.275 e. The van der Waals surface area contributed by atoms with Crippen LogP contribution >= 0.6 is 23.4 Å². The van der Waals surface area contributed by atoms with E-state index in [-0.39, 0.29) is 5.56 Å². The molecule has 116 valence electrons. The fraction of sp³-hybridized carbons (Fsp3) is 0.0588. The van der Waals surface area contributed by atoms with E-state index in [1.54, 1.807) is 16.7 Å². The van der Waals surface area contributed by atoms with Gasteiger partial charge < -0.3 is 5.73 Å². The molecule has 0 spiro atoms. The number of aromatic nitrogens is 2. The standard InChI is InChI=1S/C17H14ClN3OS/c18-13-6-8-14(9-7-13)21-15(19)10-16(22)20-17(21)23-11-12-4-2-1-3-5-12/h1-10H,11,19H2. The van der Waals surface area contributed by atoms with Gasteiger partial charge >= 0.3 is 0 Å². The summed E-state index contributed by atoms with van der Waals surface area (Å²) in [7, 11) is 0. The Morgan fingerprint density at radius 2 is 1.78 bits per heavy atom. The van der Waals surface area contributed by atoms with Crippen molar-refractivity contribution < 1.29 is 0 Å². The summed E-state index contributed by atoms with van der Waals surface area (Å²) in [5.41, 5.74) is 7.66. The molecule has 0 bridgehead atoms. The van der Waals surface area contributed by atoms with E-state index >= 15 is 0 Å². The van der Waals surface area contributed by atoms with Crippen LogP contribution in [0.3, 0.4) is 0 Å². The van der Waals surface area contributed by atoms with E-state index < -0.39 is 0 Å². The van der Waals surface area contributed by atoms with E-state index in [0.717, 1.165) is 11.3 Å². The number of nitrogens with two attached hydrogens (primary N) is 1. The normalized spacial score (nSPS) is 10.7. The molecule has 0 aliphatic heterocycles. The molecule has 0 unspecified atom stereocenters. The van der Waals surface area contributed by atoms with Gasteiger partial charge in [-0.2, -0.15) is 4.98 Å². The molecule has 23 heavy (non-hydrogen) atoms. The number of hydrogen-bond donors (Lipinski definition) is 1. The first-order chi connectivity index (χ1) is 11.1. The van der Waals surface area contributed by atoms with Crippen LogP contribution in [0.4, 0.5) is 5.82 Å². The van der Waals surface area contributed by atoms with Gasteiger partial charge in [0.15, 0.2) is 5.16 Å². The van der Waals surface area contributed by atoms with Gasteiger partial charge in [0.2, 0.25) is 0 Å². The Balaban J connectivity index is 1.98. The number of thioether (sulfide) groups is 1. The Morgan fingerprint density at radius 1 is 1.09 bits per heavy atom. The lowest BCUT2D eigenvalue weighted by molar-refractivity contribution is 0.823. The molecule has 0 atom stereocenters. The molecule has 2 N–H and O–H groups in total. The molecule has 3 rings (SSSR count). The van der Waals surface area contributed by atoms with E-state index in [4.69, 9.17) is 17.3 Å². The number of hydrogen-bond acceptors (Lipinski definition) is 4. The smallest absolute Gasteiger partial charge is 0.275 e. The second-order valence-electron chi connectivity index (χ2n) is 4.89. The Morgan fingerprint density at radius 3 is 2.48 bits per heavy atom. The van der Waals surface area contributed by atoms with Crippen molar-refractivity contribution in [1.82, 2.24) is 9.55 Å². The van der Waals surface area contributed by atoms with Gasteiger partial charge in [-0.05, 0) is 29.8 Å². The van der Waals surface area contributed by atoms with Crippen LogP contribution in [0.15, 0.2) is 70.6 Å². The highest BCUT2D eigenvalue weighted by Gasteiger charge is 2.10. The number of benzene rings is 2. The van der Waals surface area contributed by atoms with Crippen molar-refractivity contribution in [3.8, 4) is 5.69 Å². The average Bonchev–Trinajstić information content (AvgIpc) is 2.55. The van der Waals surface area contributed by atoms with Gasteiger partial charge in [-0.3, -0.25) is 9.36 Å². The van der Waals surface area contributed by atoms with Crippen molar-refractivity contribution >= 4 is 29.2 Å². The summed E-state index contributed by atoms with van der Waals surface area (Å²) in [5.74, 6) is 1.05. The summed E-state index contributed by atoms with van der Waals surface area (Å²) in [6, 6.07) is 18.6. The summed E-state index contributed by atoms with van der Waals surface area (Å²) in [5, 5.41) is 1.20. The van der Waals surface area contributed by atoms with Gasteiger partial charge in [0.25, 0.3) is 5.56 Å². The first kappa shape index (κ1) is 15.6. The van der Waals surface area contributed by atoms with Crippen LogP contribution in [0.25, 0.3) is 5.69 Å². The molecule has 3 aromatic rings. The quantitative estimate of drug-likeness (QED) is 0.578. The fourth-order valence-corrected chi connectivity index (χ4v) is 3.26. The van der Waals surface area contributed by atoms with E-state index in [2.05, 4.69) is 4.98 Å². The van der Waals surface area contributed by atoms with Crippen molar-refractivity contribution in [2.24, 2.45) is 0 Å². The zero-order valence-corrected chi connectivity index (χ0v) is 13.7. The van der Waals surface area contributed by atoms with Gasteiger partial charge in [-0.1, -0.05) is 53.7 Å². The molecule has 4 nitrogen and oxygen atoms in total. The predicted octanol–water partition coefficient (Wildman–Crippen LogP) is 3.76. The number of rotatable bonds is 4. The minimum absolute atomic E-state index is 0.344. The zero-order valence-electron chi connectivity index (χ0n) is 12.1. The van der Waals surface area contributed by atoms with Crippen molar-refractivity contribution in [1.29, 1.82) is 0 Å². The van der Waals surface area contributed by atoms with Crippen LogP contribution in [0.2, 0.25) is 5.02 Å². The van der Waals surface area contributed by atoms with Gasteiger partial charge in [0, 0.05) is 22.5 Å². The molecular weight excluding hydrogens is 330 g/mol. The molecule has 0 radical (unpaired) electrons. The van der Waals surface area contributed by atoms with Crippen molar-refractivity contribution in [2.45, 2.75) is 10.9 Å². The van der Waals surface area contributed by atoms with Crippen molar-refractivity contribution in [3.05, 3.63) is 81.6 Å². The number of halogens is 1. The number of nitrogens with zero attached hydrogens (tertiary/aromatic N) is 2. The zero-order chi connectivity index (χ0) is 16.2. The third-order valence-electron chi connectivity index (χ3n) is 3.22. The van der Waals surface area contributed by atoms with Crippen LogP contribution in [-0.2, 0) is 5.75 Å². The molecule has 0 aliphatic carbocycles. The van der Waals surface area contributed by atoms with Crippen LogP contribution in [0.1, 0.15) is 5.56 Å². The number of nitrogen functional groups attached to an aromatic ring is 1. The summed E-state index contributed by atoms with van der Waals surface area (Å²) < 4.78 is 1.76. The van der Waals surface area contributed by atoms with Gasteiger partial charge in [0.05, 0.1) is 0 Å². The molecule has 1 heterocycles. The van der Waals surface area contributed by atoms with Gasteiger partial charge in [-0.25, -0.2) is 0 Å². The minimum Gasteiger partial charge on any atom is -0.385 e. The molecule has 0 amide bonds. The van der Waals surface area contributed by atoms with E-state index in [1.165, 1.54) is 17.8 Å². The van der Waals surface area contributed by atoms with Crippen molar-refractivity contribution in [3.63, 3.8) is 0 Å². The summed E-state index contributed by atoms with van der Waals surface area (Å²) in [4.78, 5) is 15.8. The van der Waals surface area contributed by atoms with Crippen LogP contribution in [0, 0.1) is 0 Å². The highest BCUT2D eigenvalue weighted by atomic mass is 35.5. The summed E-state index contributed by atoms with van der Waals surface area (Å²) in [6.45, 7) is 0. The predicted molar refractivity (Wildman–Crippen MR) is 95.3 cm³/mol. The first-order valence-corrected chi connectivity index (χ1v) is 8.32. The highest BCUT2D eigenvalue weighted by molar-refractivity contribution is 7.98. The van der Waals surface area contributed by atoms with E-state index in [9.17, 15) is 4.79 Å². The highest BCUT2D eigenvalue weighted by Crippen LogP contribution is 2.26. The van der Waals surface area contributed by atoms with Gasteiger partial charge in [0.1, 0.15) is 5.82 Å². The van der Waals surface area contributed by atoms with Crippen LogP contribution in [0.5, 0.6) is 0 Å². The lowest BCUT2D eigenvalue weighted by Gasteiger charge is -2.14. The Hall–Kier alpha value is -2.24. The molecule has 6 heteroatoms. The second kappa shape index (κ2) is 6.89. The topological polar surface area (TPSA) is 60.9 Å². The summed E-state index contributed by atoms with van der Waals surface area (Å²) >= 11 is 7.40. The second-order valence-corrected chi connectivity index (χ2v) is 6.27. The van der Waals surface area contributed by atoms with E-state index in [0.29, 0.717) is 21.7 Å².